The molecule has 8 heteroatoms. The average Bonchev–Trinajstić information content (AvgIpc) is 3.31. The Bertz CT molecular complexity index is 1400. The topological polar surface area (TPSA) is 61.1 Å². The van der Waals surface area contributed by atoms with Crippen molar-refractivity contribution in [1.82, 2.24) is 14.8 Å². The van der Waals surface area contributed by atoms with Crippen LogP contribution in [0.25, 0.3) is 16.9 Å². The zero-order valence-corrected chi connectivity index (χ0v) is 20.2. The van der Waals surface area contributed by atoms with Crippen LogP contribution in [0.2, 0.25) is 0 Å². The van der Waals surface area contributed by atoms with Gasteiger partial charge in [0, 0.05) is 30.9 Å². The van der Waals surface area contributed by atoms with Crippen molar-refractivity contribution < 1.29 is 18.0 Å². The summed E-state index contributed by atoms with van der Waals surface area (Å²) >= 11 is 0. The maximum Gasteiger partial charge on any atom is 0.418 e. The largest absolute Gasteiger partial charge is 0.418 e. The van der Waals surface area contributed by atoms with Crippen LogP contribution in [0.4, 0.5) is 13.2 Å². The zero-order chi connectivity index (χ0) is 26.4. The van der Waals surface area contributed by atoms with Crippen molar-refractivity contribution in [3.8, 4) is 23.0 Å². The Morgan fingerprint density at radius 3 is 2.30 bits per heavy atom. The van der Waals surface area contributed by atoms with Crippen LogP contribution in [0.15, 0.2) is 91.0 Å². The SMILES string of the molecule is CN(CCNC(=O)c1ccccc1)Cc1ccc(-c2ccc(C#N)cc2)n1-c1ccccc1C(F)(F)F. The molecule has 0 fully saturated rings. The molecule has 0 bridgehead atoms. The maximum atomic E-state index is 13.9. The van der Waals surface area contributed by atoms with E-state index in [2.05, 4.69) is 11.4 Å². The Labute approximate surface area is 213 Å². The Morgan fingerprint density at radius 2 is 1.62 bits per heavy atom. The molecule has 0 radical (unpaired) electrons. The van der Waals surface area contributed by atoms with Gasteiger partial charge in [0.1, 0.15) is 0 Å². The van der Waals surface area contributed by atoms with Gasteiger partial charge in [-0.2, -0.15) is 18.4 Å². The van der Waals surface area contributed by atoms with Crippen LogP contribution in [-0.4, -0.2) is 35.5 Å². The van der Waals surface area contributed by atoms with Crippen molar-refractivity contribution in [2.75, 3.05) is 20.1 Å². The molecule has 37 heavy (non-hydrogen) atoms. The van der Waals surface area contributed by atoms with Gasteiger partial charge >= 0.3 is 6.18 Å². The van der Waals surface area contributed by atoms with Gasteiger partial charge in [0.2, 0.25) is 0 Å². The van der Waals surface area contributed by atoms with Crippen molar-refractivity contribution in [1.29, 1.82) is 5.26 Å². The summed E-state index contributed by atoms with van der Waals surface area (Å²) in [6.45, 7) is 1.23. The minimum Gasteiger partial charge on any atom is -0.351 e. The van der Waals surface area contributed by atoms with Gasteiger partial charge < -0.3 is 9.88 Å². The van der Waals surface area contributed by atoms with Gasteiger partial charge in [-0.25, -0.2) is 0 Å². The molecule has 1 amide bonds. The van der Waals surface area contributed by atoms with Crippen LogP contribution in [0.5, 0.6) is 0 Å². The van der Waals surface area contributed by atoms with Crippen LogP contribution in [0.1, 0.15) is 27.2 Å². The van der Waals surface area contributed by atoms with Gasteiger partial charge in [0.15, 0.2) is 0 Å². The van der Waals surface area contributed by atoms with Crippen LogP contribution in [0.3, 0.4) is 0 Å². The number of halogens is 3. The van der Waals surface area contributed by atoms with Gasteiger partial charge in [-0.05, 0) is 61.1 Å². The van der Waals surface area contributed by atoms with Crippen molar-refractivity contribution >= 4 is 5.91 Å². The third kappa shape index (κ3) is 6.08. The number of benzene rings is 3. The summed E-state index contributed by atoms with van der Waals surface area (Å²) in [6.07, 6.45) is -4.53. The first-order valence-corrected chi connectivity index (χ1v) is 11.7. The molecule has 5 nitrogen and oxygen atoms in total. The van der Waals surface area contributed by atoms with E-state index in [1.807, 2.05) is 18.0 Å². The lowest BCUT2D eigenvalue weighted by Crippen LogP contribution is -2.33. The lowest BCUT2D eigenvalue weighted by molar-refractivity contribution is -0.137. The minimum absolute atomic E-state index is 0.0279. The number of likely N-dealkylation sites (N-methyl/N-ethyl adjacent to an activating group) is 1. The predicted octanol–water partition coefficient (Wildman–Crippen LogP) is 5.90. The number of carbonyl (C=O) groups excluding carboxylic acids is 1. The highest BCUT2D eigenvalue weighted by Crippen LogP contribution is 2.37. The first-order chi connectivity index (χ1) is 17.8. The van der Waals surface area contributed by atoms with Crippen LogP contribution >= 0.6 is 0 Å². The standard InChI is InChI=1S/C29H25F3N4O/c1-35(18-17-34-28(37)23-7-3-2-4-8-23)20-24-15-16-26(22-13-11-21(19-33)12-14-22)36(24)27-10-6-5-9-25(27)29(30,31)32/h2-16H,17-18,20H2,1H3,(H,34,37). The first-order valence-electron chi connectivity index (χ1n) is 11.7. The molecule has 0 atom stereocenters. The van der Waals surface area contributed by atoms with Crippen LogP contribution in [0, 0.1) is 11.3 Å². The number of para-hydroxylation sites is 1. The molecule has 0 spiro atoms. The van der Waals surface area contributed by atoms with E-state index in [-0.39, 0.29) is 11.6 Å². The highest BCUT2D eigenvalue weighted by atomic mass is 19.4. The molecule has 0 aliphatic heterocycles. The van der Waals surface area contributed by atoms with Crippen molar-refractivity contribution in [2.45, 2.75) is 12.7 Å². The summed E-state index contributed by atoms with van der Waals surface area (Å²) in [7, 11) is 1.85. The molecule has 0 saturated heterocycles. The molecule has 1 N–H and O–H groups in total. The molecular formula is C29H25F3N4O. The van der Waals surface area contributed by atoms with Gasteiger partial charge in [0.05, 0.1) is 28.6 Å². The van der Waals surface area contributed by atoms with Gasteiger partial charge in [0.25, 0.3) is 5.91 Å². The number of hydrogen-bond donors (Lipinski definition) is 1. The number of hydrogen-bond acceptors (Lipinski definition) is 3. The van der Waals surface area contributed by atoms with Crippen molar-refractivity contribution in [3.63, 3.8) is 0 Å². The Hall–Kier alpha value is -4.35. The lowest BCUT2D eigenvalue weighted by atomic mass is 10.1. The number of amides is 1. The number of alkyl halides is 3. The molecule has 0 saturated carbocycles. The van der Waals surface area contributed by atoms with Gasteiger partial charge in [-0.3, -0.25) is 9.69 Å². The average molecular weight is 503 g/mol. The number of nitrogens with zero attached hydrogens (tertiary/aromatic N) is 3. The first kappa shape index (κ1) is 25.7. The summed E-state index contributed by atoms with van der Waals surface area (Å²) in [5, 5.41) is 12.0. The Balaban J connectivity index is 1.61. The summed E-state index contributed by atoms with van der Waals surface area (Å²) in [5.41, 5.74) is 2.26. The molecule has 1 aromatic heterocycles. The minimum atomic E-state index is -4.53. The number of aromatic nitrogens is 1. The molecule has 1 heterocycles. The van der Waals surface area contributed by atoms with Gasteiger partial charge in [-0.15, -0.1) is 0 Å². The predicted molar refractivity (Wildman–Crippen MR) is 136 cm³/mol. The molecule has 0 aliphatic rings. The number of nitriles is 1. The summed E-state index contributed by atoms with van der Waals surface area (Å²) in [6, 6.07) is 26.8. The van der Waals surface area contributed by atoms with Crippen LogP contribution in [-0.2, 0) is 12.7 Å². The molecule has 0 aliphatic carbocycles. The maximum absolute atomic E-state index is 13.9. The van der Waals surface area contributed by atoms with E-state index in [9.17, 15) is 18.0 Å². The second-order valence-electron chi connectivity index (χ2n) is 8.61. The van der Waals surface area contributed by atoms with E-state index < -0.39 is 11.7 Å². The van der Waals surface area contributed by atoms with E-state index in [0.29, 0.717) is 47.7 Å². The molecule has 4 aromatic rings. The number of nitrogens with one attached hydrogen (secondary N) is 1. The molecule has 0 unspecified atom stereocenters. The van der Waals surface area contributed by atoms with E-state index in [4.69, 9.17) is 5.26 Å². The van der Waals surface area contributed by atoms with Gasteiger partial charge in [-0.1, -0.05) is 42.5 Å². The fourth-order valence-corrected chi connectivity index (χ4v) is 4.14. The lowest BCUT2D eigenvalue weighted by Gasteiger charge is -2.22. The third-order valence-corrected chi connectivity index (χ3v) is 5.97. The van der Waals surface area contributed by atoms with Crippen molar-refractivity contribution in [3.05, 3.63) is 113 Å². The monoisotopic (exact) mass is 502 g/mol. The fraction of sp³-hybridized carbons (Fsp3) is 0.172. The second kappa shape index (κ2) is 11.1. The molecular weight excluding hydrogens is 477 g/mol. The summed E-state index contributed by atoms with van der Waals surface area (Å²) in [5.74, 6) is -0.181. The quantitative estimate of drug-likeness (QED) is 0.327. The normalized spacial score (nSPS) is 11.4. The van der Waals surface area contributed by atoms with Crippen molar-refractivity contribution in [2.24, 2.45) is 0 Å². The van der Waals surface area contributed by atoms with Crippen LogP contribution < -0.4 is 5.32 Å². The van der Waals surface area contributed by atoms with E-state index in [1.165, 1.54) is 12.1 Å². The number of carbonyl (C=O) groups is 1. The number of rotatable bonds is 8. The van der Waals surface area contributed by atoms with E-state index in [1.54, 1.807) is 71.3 Å². The molecule has 4 rings (SSSR count). The zero-order valence-electron chi connectivity index (χ0n) is 20.2. The second-order valence-corrected chi connectivity index (χ2v) is 8.61. The molecule has 3 aromatic carbocycles. The highest BCUT2D eigenvalue weighted by Gasteiger charge is 2.34. The Kier molecular flexibility index (Phi) is 7.75. The fourth-order valence-electron chi connectivity index (χ4n) is 4.14. The molecule has 188 valence electrons. The highest BCUT2D eigenvalue weighted by molar-refractivity contribution is 5.94. The van der Waals surface area contributed by atoms with E-state index >= 15 is 0 Å². The third-order valence-electron chi connectivity index (χ3n) is 5.97. The van der Waals surface area contributed by atoms with E-state index in [0.717, 1.165) is 6.07 Å². The smallest absolute Gasteiger partial charge is 0.351 e. The summed E-state index contributed by atoms with van der Waals surface area (Å²) < 4.78 is 43.5. The summed E-state index contributed by atoms with van der Waals surface area (Å²) in [4.78, 5) is 14.2. The Morgan fingerprint density at radius 1 is 0.946 bits per heavy atom.